The summed E-state index contributed by atoms with van der Waals surface area (Å²) in [6.07, 6.45) is 0. The molecule has 2 nitrogen and oxygen atoms in total. The van der Waals surface area contributed by atoms with Crippen LogP contribution in [-0.4, -0.2) is 23.1 Å². The van der Waals surface area contributed by atoms with Crippen LogP contribution in [0.3, 0.4) is 0 Å². The fraction of sp³-hybridized carbons (Fsp3) is 0.545. The standard InChI is InChI=1S/C11H16BrNOS2/c1-7(2)10(15)11(14)13(3)5-8-4-9(12)16-6-8/h4,6-7,10,15H,5H2,1-3H3. The molecule has 0 aliphatic rings. The van der Waals surface area contributed by atoms with E-state index in [4.69, 9.17) is 0 Å². The molecule has 1 aromatic heterocycles. The molecule has 0 spiro atoms. The van der Waals surface area contributed by atoms with Gasteiger partial charge in [0.2, 0.25) is 5.91 Å². The Hall–Kier alpha value is -0.000000000000000111. The smallest absolute Gasteiger partial charge is 0.235 e. The third kappa shape index (κ3) is 3.79. The average Bonchev–Trinajstić information content (AvgIpc) is 2.61. The van der Waals surface area contributed by atoms with Gasteiger partial charge >= 0.3 is 0 Å². The van der Waals surface area contributed by atoms with Crippen molar-refractivity contribution < 1.29 is 4.79 Å². The molecule has 0 aliphatic heterocycles. The number of hydrogen-bond donors (Lipinski definition) is 1. The highest BCUT2D eigenvalue weighted by atomic mass is 79.9. The maximum absolute atomic E-state index is 11.9. The minimum Gasteiger partial charge on any atom is -0.340 e. The number of carbonyl (C=O) groups excluding carboxylic acids is 1. The molecule has 0 aromatic carbocycles. The Balaban J connectivity index is 2.58. The van der Waals surface area contributed by atoms with Crippen LogP contribution in [0.25, 0.3) is 0 Å². The predicted molar refractivity (Wildman–Crippen MR) is 76.1 cm³/mol. The molecular weight excluding hydrogens is 306 g/mol. The van der Waals surface area contributed by atoms with E-state index in [9.17, 15) is 4.79 Å². The van der Waals surface area contributed by atoms with Gasteiger partial charge in [0.15, 0.2) is 0 Å². The third-order valence-electron chi connectivity index (χ3n) is 2.30. The van der Waals surface area contributed by atoms with E-state index >= 15 is 0 Å². The summed E-state index contributed by atoms with van der Waals surface area (Å²) >= 11 is 9.38. The van der Waals surface area contributed by atoms with Crippen molar-refractivity contribution in [3.05, 3.63) is 20.8 Å². The molecule has 0 aliphatic carbocycles. The van der Waals surface area contributed by atoms with Gasteiger partial charge in [0, 0.05) is 13.6 Å². The van der Waals surface area contributed by atoms with Crippen LogP contribution in [0.15, 0.2) is 15.2 Å². The Kier molecular flexibility index (Phi) is 5.34. The first-order chi connectivity index (χ1) is 7.41. The van der Waals surface area contributed by atoms with E-state index in [2.05, 4.69) is 33.9 Å². The molecular formula is C11H16BrNOS2. The highest BCUT2D eigenvalue weighted by Crippen LogP contribution is 2.22. The van der Waals surface area contributed by atoms with Crippen molar-refractivity contribution in [2.45, 2.75) is 25.6 Å². The first-order valence-corrected chi connectivity index (χ1v) is 7.26. The number of halogens is 1. The highest BCUT2D eigenvalue weighted by molar-refractivity contribution is 9.11. The van der Waals surface area contributed by atoms with Gasteiger partial charge in [-0.25, -0.2) is 0 Å². The van der Waals surface area contributed by atoms with E-state index in [1.165, 1.54) is 0 Å². The molecule has 0 fully saturated rings. The van der Waals surface area contributed by atoms with Gasteiger partial charge in [-0.05, 0) is 38.9 Å². The second kappa shape index (κ2) is 6.07. The second-order valence-corrected chi connectivity index (χ2v) is 6.99. The summed E-state index contributed by atoms with van der Waals surface area (Å²) < 4.78 is 1.09. The number of carbonyl (C=O) groups is 1. The lowest BCUT2D eigenvalue weighted by Crippen LogP contribution is -2.35. The van der Waals surface area contributed by atoms with Crippen LogP contribution in [0.5, 0.6) is 0 Å². The van der Waals surface area contributed by atoms with Crippen molar-refractivity contribution in [2.75, 3.05) is 7.05 Å². The molecule has 90 valence electrons. The summed E-state index contributed by atoms with van der Waals surface area (Å²) in [5, 5.41) is 1.84. The maximum atomic E-state index is 11.9. The third-order valence-corrected chi connectivity index (χ3v) is 4.67. The molecule has 16 heavy (non-hydrogen) atoms. The fourth-order valence-electron chi connectivity index (χ4n) is 1.29. The minimum atomic E-state index is -0.216. The minimum absolute atomic E-state index is 0.0839. The number of amides is 1. The number of thiophene rings is 1. The Bertz CT molecular complexity index is 365. The Morgan fingerprint density at radius 3 is 2.69 bits per heavy atom. The zero-order chi connectivity index (χ0) is 12.3. The summed E-state index contributed by atoms with van der Waals surface area (Å²) in [5.74, 6) is 0.341. The zero-order valence-electron chi connectivity index (χ0n) is 9.61. The monoisotopic (exact) mass is 321 g/mol. The summed E-state index contributed by atoms with van der Waals surface area (Å²) in [4.78, 5) is 13.7. The molecule has 0 bridgehead atoms. The number of nitrogens with zero attached hydrogens (tertiary/aromatic N) is 1. The molecule has 0 saturated carbocycles. The van der Waals surface area contributed by atoms with Crippen LogP contribution in [0.1, 0.15) is 19.4 Å². The van der Waals surface area contributed by atoms with Gasteiger partial charge in [-0.15, -0.1) is 11.3 Å². The van der Waals surface area contributed by atoms with Crippen LogP contribution in [0.4, 0.5) is 0 Å². The number of rotatable bonds is 4. The molecule has 1 amide bonds. The molecule has 0 radical (unpaired) electrons. The number of hydrogen-bond acceptors (Lipinski definition) is 3. The molecule has 1 heterocycles. The van der Waals surface area contributed by atoms with E-state index in [1.54, 1.807) is 16.2 Å². The van der Waals surface area contributed by atoms with Crippen LogP contribution in [0.2, 0.25) is 0 Å². The molecule has 1 aromatic rings. The predicted octanol–water partition coefficient (Wildman–Crippen LogP) is 3.42. The summed E-state index contributed by atoms with van der Waals surface area (Å²) in [5.41, 5.74) is 1.15. The first kappa shape index (κ1) is 14.1. The zero-order valence-corrected chi connectivity index (χ0v) is 12.9. The van der Waals surface area contributed by atoms with E-state index in [-0.39, 0.29) is 17.1 Å². The van der Waals surface area contributed by atoms with Crippen molar-refractivity contribution in [1.82, 2.24) is 4.90 Å². The molecule has 1 unspecified atom stereocenters. The van der Waals surface area contributed by atoms with Crippen LogP contribution in [0, 0.1) is 5.92 Å². The average molecular weight is 322 g/mol. The van der Waals surface area contributed by atoms with E-state index in [1.807, 2.05) is 27.0 Å². The highest BCUT2D eigenvalue weighted by Gasteiger charge is 2.21. The Morgan fingerprint density at radius 2 is 2.25 bits per heavy atom. The first-order valence-electron chi connectivity index (χ1n) is 5.07. The quantitative estimate of drug-likeness (QED) is 0.842. The SMILES string of the molecule is CC(C)C(S)C(=O)N(C)Cc1csc(Br)c1. The second-order valence-electron chi connectivity index (χ2n) is 4.14. The van der Waals surface area contributed by atoms with Gasteiger partial charge < -0.3 is 4.90 Å². The lowest BCUT2D eigenvalue weighted by Gasteiger charge is -2.22. The summed E-state index contributed by atoms with van der Waals surface area (Å²) in [6.45, 7) is 4.65. The van der Waals surface area contributed by atoms with Gasteiger partial charge in [0.1, 0.15) is 0 Å². The largest absolute Gasteiger partial charge is 0.340 e. The van der Waals surface area contributed by atoms with Crippen molar-refractivity contribution in [2.24, 2.45) is 5.92 Å². The van der Waals surface area contributed by atoms with Gasteiger partial charge in [-0.2, -0.15) is 12.6 Å². The van der Waals surface area contributed by atoms with E-state index < -0.39 is 0 Å². The van der Waals surface area contributed by atoms with Gasteiger partial charge in [0.05, 0.1) is 9.04 Å². The van der Waals surface area contributed by atoms with Crippen molar-refractivity contribution in [3.8, 4) is 0 Å². The Labute approximate surface area is 115 Å². The topological polar surface area (TPSA) is 20.3 Å². The molecule has 1 rings (SSSR count). The lowest BCUT2D eigenvalue weighted by molar-refractivity contribution is -0.130. The van der Waals surface area contributed by atoms with Crippen LogP contribution >= 0.6 is 39.9 Å². The van der Waals surface area contributed by atoms with E-state index in [0.29, 0.717) is 6.54 Å². The van der Waals surface area contributed by atoms with Crippen molar-refractivity contribution in [3.63, 3.8) is 0 Å². The maximum Gasteiger partial charge on any atom is 0.235 e. The van der Waals surface area contributed by atoms with Crippen molar-refractivity contribution >= 4 is 45.8 Å². The van der Waals surface area contributed by atoms with Gasteiger partial charge in [-0.1, -0.05) is 13.8 Å². The molecule has 0 N–H and O–H groups in total. The molecule has 1 atom stereocenters. The van der Waals surface area contributed by atoms with Crippen LogP contribution < -0.4 is 0 Å². The Morgan fingerprint density at radius 1 is 1.62 bits per heavy atom. The van der Waals surface area contributed by atoms with Crippen molar-refractivity contribution in [1.29, 1.82) is 0 Å². The fourth-order valence-corrected chi connectivity index (χ4v) is 2.69. The summed E-state index contributed by atoms with van der Waals surface area (Å²) in [6, 6.07) is 2.04. The number of thiol groups is 1. The molecule has 0 saturated heterocycles. The van der Waals surface area contributed by atoms with Gasteiger partial charge in [-0.3, -0.25) is 4.79 Å². The summed E-state index contributed by atoms with van der Waals surface area (Å²) in [7, 11) is 1.82. The van der Waals surface area contributed by atoms with Crippen LogP contribution in [-0.2, 0) is 11.3 Å². The van der Waals surface area contributed by atoms with E-state index in [0.717, 1.165) is 9.35 Å². The normalized spacial score (nSPS) is 12.9. The lowest BCUT2D eigenvalue weighted by atomic mass is 10.1. The van der Waals surface area contributed by atoms with Gasteiger partial charge in [0.25, 0.3) is 0 Å². The molecule has 5 heteroatoms.